The Balaban J connectivity index is 2.20. The molecule has 0 radical (unpaired) electrons. The van der Waals surface area contributed by atoms with Crippen molar-refractivity contribution in [1.29, 1.82) is 0 Å². The van der Waals surface area contributed by atoms with Crippen molar-refractivity contribution in [3.05, 3.63) is 38.7 Å². The van der Waals surface area contributed by atoms with Gasteiger partial charge in [-0.05, 0) is 60.1 Å². The van der Waals surface area contributed by atoms with Gasteiger partial charge in [-0.1, -0.05) is 11.3 Å². The van der Waals surface area contributed by atoms with Gasteiger partial charge in [0.2, 0.25) is 0 Å². The second kappa shape index (κ2) is 4.59. The van der Waals surface area contributed by atoms with Crippen LogP contribution in [0.25, 0.3) is 5.69 Å². The molecule has 0 bridgehead atoms. The third kappa shape index (κ3) is 2.13. The van der Waals surface area contributed by atoms with Gasteiger partial charge < -0.3 is 5.11 Å². The summed E-state index contributed by atoms with van der Waals surface area (Å²) in [6.07, 6.45) is 2.02. The zero-order valence-electron chi connectivity index (χ0n) is 10.3. The highest BCUT2D eigenvalue weighted by atomic mass is 127. The molecule has 1 heterocycles. The standard InChI is InChI=1S/C13H12IN3O2/c1-7-9(14)3-2-4-10(7)17-12(8-5-6-8)11(13(18)19)15-16-17/h2-4,8H,5-6H2,1H3,(H,18,19). The largest absolute Gasteiger partial charge is 0.476 e. The first-order valence-electron chi connectivity index (χ1n) is 6.04. The topological polar surface area (TPSA) is 68.0 Å². The minimum atomic E-state index is -1.00. The predicted molar refractivity (Wildman–Crippen MR) is 77.7 cm³/mol. The number of carbonyl (C=O) groups is 1. The average molecular weight is 369 g/mol. The van der Waals surface area contributed by atoms with Crippen LogP contribution in [0, 0.1) is 10.5 Å². The molecule has 0 aliphatic heterocycles. The maximum absolute atomic E-state index is 11.2. The molecular formula is C13H12IN3O2. The smallest absolute Gasteiger partial charge is 0.358 e. The van der Waals surface area contributed by atoms with Crippen molar-refractivity contribution in [2.24, 2.45) is 0 Å². The van der Waals surface area contributed by atoms with E-state index in [1.54, 1.807) is 4.68 Å². The molecule has 1 N–H and O–H groups in total. The third-order valence-corrected chi connectivity index (χ3v) is 4.51. The molecule has 1 aliphatic rings. The van der Waals surface area contributed by atoms with Gasteiger partial charge in [-0.15, -0.1) is 5.10 Å². The molecule has 1 saturated carbocycles. The number of rotatable bonds is 3. The van der Waals surface area contributed by atoms with Crippen molar-refractivity contribution in [3.8, 4) is 5.69 Å². The monoisotopic (exact) mass is 369 g/mol. The second-order valence-electron chi connectivity index (χ2n) is 4.70. The molecule has 1 aromatic carbocycles. The van der Waals surface area contributed by atoms with Crippen LogP contribution in [-0.4, -0.2) is 26.1 Å². The van der Waals surface area contributed by atoms with Gasteiger partial charge in [-0.25, -0.2) is 9.48 Å². The van der Waals surface area contributed by atoms with Gasteiger partial charge in [0.25, 0.3) is 0 Å². The number of benzene rings is 1. The lowest BCUT2D eigenvalue weighted by Gasteiger charge is -2.10. The summed E-state index contributed by atoms with van der Waals surface area (Å²) in [4.78, 5) is 11.2. The van der Waals surface area contributed by atoms with Crippen molar-refractivity contribution < 1.29 is 9.90 Å². The molecule has 5 nitrogen and oxygen atoms in total. The van der Waals surface area contributed by atoms with Crippen molar-refractivity contribution in [2.45, 2.75) is 25.7 Å². The van der Waals surface area contributed by atoms with E-state index in [2.05, 4.69) is 32.9 Å². The van der Waals surface area contributed by atoms with E-state index in [4.69, 9.17) is 0 Å². The van der Waals surface area contributed by atoms with Gasteiger partial charge in [0.05, 0.1) is 11.4 Å². The Kier molecular flexibility index (Phi) is 3.04. The molecule has 1 aliphatic carbocycles. The van der Waals surface area contributed by atoms with Crippen LogP contribution in [0.4, 0.5) is 0 Å². The summed E-state index contributed by atoms with van der Waals surface area (Å²) in [5, 5.41) is 17.1. The quantitative estimate of drug-likeness (QED) is 0.845. The second-order valence-corrected chi connectivity index (χ2v) is 5.86. The van der Waals surface area contributed by atoms with Gasteiger partial charge in [-0.3, -0.25) is 0 Å². The SMILES string of the molecule is Cc1c(I)cccc1-n1nnc(C(=O)O)c1C1CC1. The number of halogens is 1. The van der Waals surface area contributed by atoms with Crippen molar-refractivity contribution >= 4 is 28.6 Å². The Bertz CT molecular complexity index is 662. The molecule has 6 heteroatoms. The summed E-state index contributed by atoms with van der Waals surface area (Å²) < 4.78 is 2.82. The summed E-state index contributed by atoms with van der Waals surface area (Å²) in [6.45, 7) is 2.01. The Morgan fingerprint density at radius 2 is 2.21 bits per heavy atom. The number of nitrogens with zero attached hydrogens (tertiary/aromatic N) is 3. The van der Waals surface area contributed by atoms with Gasteiger partial charge in [0.1, 0.15) is 0 Å². The molecule has 1 aromatic heterocycles. The minimum Gasteiger partial charge on any atom is -0.476 e. The molecule has 3 rings (SSSR count). The summed E-state index contributed by atoms with van der Waals surface area (Å²) in [7, 11) is 0. The number of aromatic carboxylic acids is 1. The molecular weight excluding hydrogens is 357 g/mol. The molecule has 0 amide bonds. The number of carboxylic acid groups (broad SMARTS) is 1. The zero-order valence-corrected chi connectivity index (χ0v) is 12.5. The Hall–Kier alpha value is -1.44. The molecule has 1 fully saturated rings. The van der Waals surface area contributed by atoms with E-state index < -0.39 is 5.97 Å². The van der Waals surface area contributed by atoms with E-state index >= 15 is 0 Å². The lowest BCUT2D eigenvalue weighted by atomic mass is 10.1. The van der Waals surface area contributed by atoms with Crippen molar-refractivity contribution in [3.63, 3.8) is 0 Å². The summed E-state index contributed by atoms with van der Waals surface area (Å²) in [5.41, 5.74) is 2.82. The first kappa shape index (κ1) is 12.6. The maximum Gasteiger partial charge on any atom is 0.358 e. The number of hydrogen-bond acceptors (Lipinski definition) is 3. The van der Waals surface area contributed by atoms with Crippen LogP contribution < -0.4 is 0 Å². The third-order valence-electron chi connectivity index (χ3n) is 3.34. The first-order chi connectivity index (χ1) is 9.09. The van der Waals surface area contributed by atoms with E-state index in [0.717, 1.165) is 33.4 Å². The lowest BCUT2D eigenvalue weighted by molar-refractivity contribution is 0.0689. The number of hydrogen-bond donors (Lipinski definition) is 1. The summed E-state index contributed by atoms with van der Waals surface area (Å²) in [6, 6.07) is 5.91. The van der Waals surface area contributed by atoms with Crippen LogP contribution >= 0.6 is 22.6 Å². The molecule has 0 unspecified atom stereocenters. The van der Waals surface area contributed by atoms with Crippen LogP contribution in [0.5, 0.6) is 0 Å². The van der Waals surface area contributed by atoms with Crippen molar-refractivity contribution in [2.75, 3.05) is 0 Å². The normalized spacial score (nSPS) is 14.6. The van der Waals surface area contributed by atoms with Gasteiger partial charge >= 0.3 is 5.97 Å². The van der Waals surface area contributed by atoms with Crippen LogP contribution in [0.15, 0.2) is 18.2 Å². The van der Waals surface area contributed by atoms with E-state index in [1.165, 1.54) is 0 Å². The molecule has 2 aromatic rings. The number of carboxylic acids is 1. The Morgan fingerprint density at radius 1 is 1.47 bits per heavy atom. The minimum absolute atomic E-state index is 0.0840. The van der Waals surface area contributed by atoms with E-state index in [1.807, 2.05) is 25.1 Å². The van der Waals surface area contributed by atoms with Gasteiger partial charge in [-0.2, -0.15) is 0 Å². The maximum atomic E-state index is 11.2. The van der Waals surface area contributed by atoms with Gasteiger partial charge in [0, 0.05) is 9.49 Å². The van der Waals surface area contributed by atoms with Crippen LogP contribution in [0.2, 0.25) is 0 Å². The van der Waals surface area contributed by atoms with Crippen LogP contribution in [-0.2, 0) is 0 Å². The van der Waals surface area contributed by atoms with Gasteiger partial charge in [0.15, 0.2) is 5.69 Å². The fraction of sp³-hybridized carbons (Fsp3) is 0.308. The van der Waals surface area contributed by atoms with Crippen molar-refractivity contribution in [1.82, 2.24) is 15.0 Å². The fourth-order valence-electron chi connectivity index (χ4n) is 2.17. The highest BCUT2D eigenvalue weighted by Crippen LogP contribution is 2.42. The van der Waals surface area contributed by atoms with Crippen LogP contribution in [0.3, 0.4) is 0 Å². The van der Waals surface area contributed by atoms with Crippen LogP contribution in [0.1, 0.15) is 40.5 Å². The molecule has 0 spiro atoms. The Labute approximate surface area is 123 Å². The predicted octanol–water partition coefficient (Wildman–Crippen LogP) is 2.76. The lowest BCUT2D eigenvalue weighted by Crippen LogP contribution is -2.07. The molecule has 0 atom stereocenters. The average Bonchev–Trinajstić information content (AvgIpc) is 3.11. The highest BCUT2D eigenvalue weighted by Gasteiger charge is 2.34. The van der Waals surface area contributed by atoms with E-state index in [0.29, 0.717) is 0 Å². The first-order valence-corrected chi connectivity index (χ1v) is 7.12. The van der Waals surface area contributed by atoms with E-state index in [9.17, 15) is 9.90 Å². The number of aromatic nitrogens is 3. The van der Waals surface area contributed by atoms with E-state index in [-0.39, 0.29) is 11.6 Å². The summed E-state index contributed by atoms with van der Waals surface area (Å²) >= 11 is 2.26. The summed E-state index contributed by atoms with van der Waals surface area (Å²) in [5.74, 6) is -0.727. The highest BCUT2D eigenvalue weighted by molar-refractivity contribution is 14.1. The zero-order chi connectivity index (χ0) is 13.6. The molecule has 19 heavy (non-hydrogen) atoms. The fourth-order valence-corrected chi connectivity index (χ4v) is 2.65. The molecule has 0 saturated heterocycles. The Morgan fingerprint density at radius 3 is 2.84 bits per heavy atom. The molecule has 98 valence electrons.